The number of hydrogen-bond acceptors (Lipinski definition) is 2. The maximum Gasteiger partial charge on any atom is 0.191 e. The number of nitrogens with one attached hydrogen (secondary N) is 2. The predicted molar refractivity (Wildman–Crippen MR) is 91.7 cm³/mol. The molecule has 118 valence electrons. The SMILES string of the molecule is CCNC(=NCCCCSC)NCCc1cccc(F)c1. The standard InChI is InChI=1S/C16H26FN3S/c1-3-18-16(19-10-4-5-12-21-2)20-11-9-14-7-6-8-15(17)13-14/h6-8,13H,3-5,9-12H2,1-2H3,(H2,18,19,20). The maximum absolute atomic E-state index is 13.1. The fraction of sp³-hybridized carbons (Fsp3) is 0.562. The van der Waals surface area contributed by atoms with Crippen LogP contribution >= 0.6 is 11.8 Å². The van der Waals surface area contributed by atoms with Crippen LogP contribution in [0.4, 0.5) is 4.39 Å². The molecule has 5 heteroatoms. The minimum atomic E-state index is -0.179. The molecule has 0 aromatic heterocycles. The molecule has 0 aliphatic rings. The zero-order valence-corrected chi connectivity index (χ0v) is 13.8. The molecule has 0 atom stereocenters. The summed E-state index contributed by atoms with van der Waals surface area (Å²) in [6.07, 6.45) is 5.23. The molecule has 0 radical (unpaired) electrons. The average Bonchev–Trinajstić information content (AvgIpc) is 2.47. The summed E-state index contributed by atoms with van der Waals surface area (Å²) in [6.45, 7) is 4.49. The molecular weight excluding hydrogens is 285 g/mol. The number of unbranched alkanes of at least 4 members (excludes halogenated alkanes) is 1. The molecule has 0 fully saturated rings. The Kier molecular flexibility index (Phi) is 9.70. The molecule has 1 aromatic carbocycles. The lowest BCUT2D eigenvalue weighted by molar-refractivity contribution is 0.625. The van der Waals surface area contributed by atoms with Gasteiger partial charge in [-0.1, -0.05) is 12.1 Å². The second-order valence-corrected chi connectivity index (χ2v) is 5.75. The van der Waals surface area contributed by atoms with Crippen molar-refractivity contribution < 1.29 is 4.39 Å². The van der Waals surface area contributed by atoms with Gasteiger partial charge in [0.2, 0.25) is 0 Å². The highest BCUT2D eigenvalue weighted by molar-refractivity contribution is 7.98. The summed E-state index contributed by atoms with van der Waals surface area (Å²) < 4.78 is 13.1. The summed E-state index contributed by atoms with van der Waals surface area (Å²) in [5.41, 5.74) is 0.998. The van der Waals surface area contributed by atoms with Crippen LogP contribution in [0.25, 0.3) is 0 Å². The molecule has 0 unspecified atom stereocenters. The normalized spacial score (nSPS) is 11.5. The van der Waals surface area contributed by atoms with Gasteiger partial charge in [-0.15, -0.1) is 0 Å². The van der Waals surface area contributed by atoms with Crippen LogP contribution in [0.2, 0.25) is 0 Å². The van der Waals surface area contributed by atoms with Gasteiger partial charge in [0.25, 0.3) is 0 Å². The largest absolute Gasteiger partial charge is 0.357 e. The summed E-state index contributed by atoms with van der Waals surface area (Å²) in [5.74, 6) is 1.86. The highest BCUT2D eigenvalue weighted by atomic mass is 32.2. The first kappa shape index (κ1) is 17.8. The van der Waals surface area contributed by atoms with E-state index in [2.05, 4.69) is 28.8 Å². The molecule has 0 saturated carbocycles. The summed E-state index contributed by atoms with van der Waals surface area (Å²) in [7, 11) is 0. The molecule has 0 spiro atoms. The van der Waals surface area contributed by atoms with E-state index < -0.39 is 0 Å². The van der Waals surface area contributed by atoms with Gasteiger partial charge in [-0.25, -0.2) is 4.39 Å². The Morgan fingerprint density at radius 3 is 2.86 bits per heavy atom. The van der Waals surface area contributed by atoms with Gasteiger partial charge < -0.3 is 10.6 Å². The van der Waals surface area contributed by atoms with E-state index >= 15 is 0 Å². The molecule has 0 heterocycles. The minimum absolute atomic E-state index is 0.179. The van der Waals surface area contributed by atoms with Crippen LogP contribution in [0.1, 0.15) is 25.3 Å². The fourth-order valence-electron chi connectivity index (χ4n) is 1.91. The number of rotatable bonds is 9. The Morgan fingerprint density at radius 2 is 2.14 bits per heavy atom. The van der Waals surface area contributed by atoms with Crippen molar-refractivity contribution >= 4 is 17.7 Å². The van der Waals surface area contributed by atoms with Crippen molar-refractivity contribution in [2.45, 2.75) is 26.2 Å². The number of nitrogens with zero attached hydrogens (tertiary/aromatic N) is 1. The Balaban J connectivity index is 2.31. The van der Waals surface area contributed by atoms with Gasteiger partial charge in [-0.05, 0) is 55.9 Å². The van der Waals surface area contributed by atoms with Crippen LogP contribution in [0, 0.1) is 5.82 Å². The lowest BCUT2D eigenvalue weighted by atomic mass is 10.1. The third-order valence-corrected chi connectivity index (χ3v) is 3.66. The number of aliphatic imine (C=N–C) groups is 1. The molecule has 1 rings (SSSR count). The third kappa shape index (κ3) is 8.60. The van der Waals surface area contributed by atoms with Crippen molar-refractivity contribution in [3.63, 3.8) is 0 Å². The van der Waals surface area contributed by atoms with Crippen molar-refractivity contribution in [2.24, 2.45) is 4.99 Å². The summed E-state index contributed by atoms with van der Waals surface area (Å²) in [4.78, 5) is 4.55. The van der Waals surface area contributed by atoms with E-state index in [-0.39, 0.29) is 5.82 Å². The lowest BCUT2D eigenvalue weighted by Gasteiger charge is -2.11. The van der Waals surface area contributed by atoms with Gasteiger partial charge in [-0.2, -0.15) is 11.8 Å². The monoisotopic (exact) mass is 311 g/mol. The van der Waals surface area contributed by atoms with E-state index in [9.17, 15) is 4.39 Å². The first-order chi connectivity index (χ1) is 10.3. The van der Waals surface area contributed by atoms with Gasteiger partial charge in [0, 0.05) is 19.6 Å². The van der Waals surface area contributed by atoms with Crippen molar-refractivity contribution in [3.8, 4) is 0 Å². The van der Waals surface area contributed by atoms with Crippen molar-refractivity contribution in [1.82, 2.24) is 10.6 Å². The van der Waals surface area contributed by atoms with Gasteiger partial charge in [0.05, 0.1) is 0 Å². The van der Waals surface area contributed by atoms with Crippen LogP contribution in [0.3, 0.4) is 0 Å². The van der Waals surface area contributed by atoms with Crippen LogP contribution in [-0.4, -0.2) is 37.6 Å². The van der Waals surface area contributed by atoms with Crippen LogP contribution in [0.15, 0.2) is 29.3 Å². The molecule has 2 N–H and O–H groups in total. The van der Waals surface area contributed by atoms with E-state index in [4.69, 9.17) is 0 Å². The Labute approximate surface area is 131 Å². The maximum atomic E-state index is 13.1. The molecule has 1 aromatic rings. The molecule has 0 aliphatic carbocycles. The third-order valence-electron chi connectivity index (χ3n) is 2.97. The van der Waals surface area contributed by atoms with Crippen molar-refractivity contribution in [2.75, 3.05) is 31.6 Å². The topological polar surface area (TPSA) is 36.4 Å². The molecule has 0 aliphatic heterocycles. The van der Waals surface area contributed by atoms with E-state index in [1.165, 1.54) is 18.2 Å². The van der Waals surface area contributed by atoms with Gasteiger partial charge in [0.15, 0.2) is 5.96 Å². The smallest absolute Gasteiger partial charge is 0.191 e. The number of halogens is 1. The van der Waals surface area contributed by atoms with E-state index in [1.54, 1.807) is 12.1 Å². The van der Waals surface area contributed by atoms with Crippen LogP contribution < -0.4 is 10.6 Å². The second kappa shape index (κ2) is 11.4. The summed E-state index contributed by atoms with van der Waals surface area (Å²) in [5, 5.41) is 6.52. The number of benzene rings is 1. The zero-order valence-electron chi connectivity index (χ0n) is 13.0. The van der Waals surface area contributed by atoms with Crippen molar-refractivity contribution in [3.05, 3.63) is 35.6 Å². The van der Waals surface area contributed by atoms with E-state index in [0.29, 0.717) is 0 Å². The first-order valence-electron chi connectivity index (χ1n) is 7.51. The summed E-state index contributed by atoms with van der Waals surface area (Å²) >= 11 is 1.87. The Bertz CT molecular complexity index is 424. The number of thioether (sulfide) groups is 1. The van der Waals surface area contributed by atoms with Gasteiger partial charge >= 0.3 is 0 Å². The van der Waals surface area contributed by atoms with Gasteiger partial charge in [0.1, 0.15) is 5.82 Å². The second-order valence-electron chi connectivity index (χ2n) is 4.77. The van der Waals surface area contributed by atoms with Crippen LogP contribution in [-0.2, 0) is 6.42 Å². The fourth-order valence-corrected chi connectivity index (χ4v) is 2.40. The Morgan fingerprint density at radius 1 is 1.29 bits per heavy atom. The van der Waals surface area contributed by atoms with Crippen molar-refractivity contribution in [1.29, 1.82) is 0 Å². The predicted octanol–water partition coefficient (Wildman–Crippen LogP) is 3.07. The van der Waals surface area contributed by atoms with Crippen LogP contribution in [0.5, 0.6) is 0 Å². The van der Waals surface area contributed by atoms with E-state index in [0.717, 1.165) is 44.0 Å². The zero-order chi connectivity index (χ0) is 15.3. The quantitative estimate of drug-likeness (QED) is 0.418. The molecule has 21 heavy (non-hydrogen) atoms. The van der Waals surface area contributed by atoms with E-state index in [1.807, 2.05) is 17.8 Å². The first-order valence-corrected chi connectivity index (χ1v) is 8.91. The van der Waals surface area contributed by atoms with Gasteiger partial charge in [-0.3, -0.25) is 4.99 Å². The average molecular weight is 311 g/mol. The molecule has 0 amide bonds. The molecular formula is C16H26FN3S. The number of guanidine groups is 1. The highest BCUT2D eigenvalue weighted by Gasteiger charge is 1.98. The molecule has 3 nitrogen and oxygen atoms in total. The Hall–Kier alpha value is -1.23. The highest BCUT2D eigenvalue weighted by Crippen LogP contribution is 2.03. The molecule has 0 bridgehead atoms. The number of hydrogen-bond donors (Lipinski definition) is 2. The summed E-state index contributed by atoms with van der Waals surface area (Å²) in [6, 6.07) is 6.73. The lowest BCUT2D eigenvalue weighted by Crippen LogP contribution is -2.38. The minimum Gasteiger partial charge on any atom is -0.357 e. The molecule has 0 saturated heterocycles.